The van der Waals surface area contributed by atoms with Crippen molar-refractivity contribution in [2.75, 3.05) is 12.4 Å². The highest BCUT2D eigenvalue weighted by molar-refractivity contribution is 9.10. The zero-order valence-corrected chi connectivity index (χ0v) is 25.0. The first-order chi connectivity index (χ1) is 20.7. The topological polar surface area (TPSA) is 84.8 Å². The van der Waals surface area contributed by atoms with Gasteiger partial charge in [-0.25, -0.2) is 10.4 Å². The van der Waals surface area contributed by atoms with Crippen LogP contribution in [0.1, 0.15) is 22.4 Å². The minimum absolute atomic E-state index is 0.0628. The average Bonchev–Trinajstić information content (AvgIpc) is 3.42. The third kappa shape index (κ3) is 7.90. The van der Waals surface area contributed by atoms with Gasteiger partial charge in [0.1, 0.15) is 6.61 Å². The molecule has 220 valence electrons. The molecule has 43 heavy (non-hydrogen) atoms. The summed E-state index contributed by atoms with van der Waals surface area (Å²) in [6, 6.07) is 22.6. The Labute approximate surface area is 257 Å². The second-order valence-corrected chi connectivity index (χ2v) is 11.0. The summed E-state index contributed by atoms with van der Waals surface area (Å²) >= 11 is 4.71. The van der Waals surface area contributed by atoms with Crippen LogP contribution in [0.2, 0.25) is 0 Å². The Morgan fingerprint density at radius 3 is 2.65 bits per heavy atom. The summed E-state index contributed by atoms with van der Waals surface area (Å²) in [6.45, 7) is 0.344. The number of amides is 1. The lowest BCUT2D eigenvalue weighted by molar-refractivity contribution is -0.137. The van der Waals surface area contributed by atoms with Gasteiger partial charge in [0.05, 0.1) is 35.5 Å². The molecule has 0 unspecified atom stereocenters. The van der Waals surface area contributed by atoms with Crippen LogP contribution in [0.15, 0.2) is 93.8 Å². The molecule has 5 aromatic rings. The van der Waals surface area contributed by atoms with E-state index in [1.165, 1.54) is 36.8 Å². The molecule has 1 aromatic heterocycles. The third-order valence-corrected chi connectivity index (χ3v) is 7.58. The number of nitrogens with one attached hydrogen (secondary N) is 2. The number of thiazole rings is 1. The lowest BCUT2D eigenvalue weighted by Gasteiger charge is -2.14. The number of fused-ring (bicyclic) bond motifs is 1. The number of benzene rings is 4. The number of methoxy groups -OCH3 is 1. The number of ether oxygens (including phenoxy) is 2. The number of nitrogens with zero attached hydrogens (tertiary/aromatic N) is 2. The fourth-order valence-electron chi connectivity index (χ4n) is 4.16. The van der Waals surface area contributed by atoms with Crippen LogP contribution >= 0.6 is 27.3 Å². The van der Waals surface area contributed by atoms with Gasteiger partial charge < -0.3 is 14.8 Å². The molecule has 0 saturated heterocycles. The molecule has 2 N–H and O–H groups in total. The molecule has 1 amide bonds. The van der Waals surface area contributed by atoms with Crippen LogP contribution in [-0.4, -0.2) is 24.2 Å². The van der Waals surface area contributed by atoms with Crippen LogP contribution < -0.4 is 20.2 Å². The summed E-state index contributed by atoms with van der Waals surface area (Å²) in [5.41, 5.74) is 4.06. The largest absolute Gasteiger partial charge is 0.493 e. The predicted molar refractivity (Wildman–Crippen MR) is 165 cm³/mol. The van der Waals surface area contributed by atoms with Crippen LogP contribution in [0, 0.1) is 0 Å². The summed E-state index contributed by atoms with van der Waals surface area (Å²) < 4.78 is 51.1. The van der Waals surface area contributed by atoms with Crippen molar-refractivity contribution in [2.24, 2.45) is 5.10 Å². The number of alkyl halides is 3. The van der Waals surface area contributed by atoms with E-state index in [2.05, 4.69) is 61.0 Å². The van der Waals surface area contributed by atoms with E-state index in [1.54, 1.807) is 17.5 Å². The smallest absolute Gasteiger partial charge is 0.416 e. The molecule has 0 atom stereocenters. The maximum absolute atomic E-state index is 13.0. The minimum atomic E-state index is -4.44. The number of hydrogen-bond donors (Lipinski definition) is 2. The Balaban J connectivity index is 1.16. The van der Waals surface area contributed by atoms with Gasteiger partial charge in [-0.2, -0.15) is 18.3 Å². The van der Waals surface area contributed by atoms with Gasteiger partial charge in [0.25, 0.3) is 0 Å². The molecular formula is C31H24BrF3N4O3S. The van der Waals surface area contributed by atoms with Gasteiger partial charge in [-0.15, -0.1) is 11.3 Å². The fraction of sp³-hybridized carbons (Fsp3) is 0.129. The summed E-state index contributed by atoms with van der Waals surface area (Å²) in [7, 11) is 1.54. The molecule has 0 spiro atoms. The van der Waals surface area contributed by atoms with E-state index in [0.717, 1.165) is 28.5 Å². The molecule has 7 nitrogen and oxygen atoms in total. The van der Waals surface area contributed by atoms with Crippen LogP contribution in [0.5, 0.6) is 11.5 Å². The Hall–Kier alpha value is -4.42. The quantitative estimate of drug-likeness (QED) is 0.116. The van der Waals surface area contributed by atoms with Crippen LogP contribution in [0.25, 0.3) is 10.8 Å². The van der Waals surface area contributed by atoms with Crippen molar-refractivity contribution < 1.29 is 27.4 Å². The molecule has 5 rings (SSSR count). The Kier molecular flexibility index (Phi) is 9.27. The van der Waals surface area contributed by atoms with Gasteiger partial charge in [-0.05, 0) is 74.2 Å². The van der Waals surface area contributed by atoms with E-state index in [-0.39, 0.29) is 12.1 Å². The molecule has 0 aliphatic carbocycles. The highest BCUT2D eigenvalue weighted by Crippen LogP contribution is 2.37. The molecule has 0 aliphatic rings. The minimum Gasteiger partial charge on any atom is -0.493 e. The van der Waals surface area contributed by atoms with Crippen molar-refractivity contribution in [3.63, 3.8) is 0 Å². The molecule has 0 saturated carbocycles. The Bertz CT molecular complexity index is 1790. The molecule has 12 heteroatoms. The number of carbonyl (C=O) groups excluding carboxylic acids is 1. The zero-order valence-electron chi connectivity index (χ0n) is 22.6. The predicted octanol–water partition coefficient (Wildman–Crippen LogP) is 8.10. The molecule has 1 heterocycles. The van der Waals surface area contributed by atoms with Crippen LogP contribution in [0.4, 0.5) is 24.0 Å². The van der Waals surface area contributed by atoms with E-state index < -0.39 is 17.6 Å². The number of aromatic nitrogens is 1. The molecule has 4 aromatic carbocycles. The van der Waals surface area contributed by atoms with Gasteiger partial charge in [0.2, 0.25) is 5.91 Å². The van der Waals surface area contributed by atoms with Gasteiger partial charge in [-0.1, -0.05) is 42.5 Å². The summed E-state index contributed by atoms with van der Waals surface area (Å²) in [5, 5.41) is 11.2. The van der Waals surface area contributed by atoms with E-state index >= 15 is 0 Å². The van der Waals surface area contributed by atoms with E-state index in [4.69, 9.17) is 9.47 Å². The van der Waals surface area contributed by atoms with Gasteiger partial charge in [-0.3, -0.25) is 4.79 Å². The molecule has 0 bridgehead atoms. The van der Waals surface area contributed by atoms with E-state index in [0.29, 0.717) is 39.0 Å². The van der Waals surface area contributed by atoms with Crippen LogP contribution in [-0.2, 0) is 24.0 Å². The summed E-state index contributed by atoms with van der Waals surface area (Å²) in [6.07, 6.45) is -3.04. The molecule has 0 radical (unpaired) electrons. The van der Waals surface area contributed by atoms with Gasteiger partial charge >= 0.3 is 6.18 Å². The lowest BCUT2D eigenvalue weighted by Crippen LogP contribution is -2.20. The highest BCUT2D eigenvalue weighted by Gasteiger charge is 2.30. The van der Waals surface area contributed by atoms with Crippen LogP contribution in [0.3, 0.4) is 0 Å². The Morgan fingerprint density at radius 2 is 1.86 bits per heavy atom. The highest BCUT2D eigenvalue weighted by atomic mass is 79.9. The van der Waals surface area contributed by atoms with Crippen molar-refractivity contribution in [1.29, 1.82) is 0 Å². The summed E-state index contributed by atoms with van der Waals surface area (Å²) in [5.74, 6) is 0.620. The molecular weight excluding hydrogens is 645 g/mol. The van der Waals surface area contributed by atoms with Gasteiger partial charge in [0, 0.05) is 11.1 Å². The SMILES string of the molecule is COc1cc(/C=N\NC(=O)Cc2csc(Nc3cccc(C(F)(F)F)c3)n2)cc(Br)c1OCc1ccc2ccccc2c1. The monoisotopic (exact) mass is 668 g/mol. The first kappa shape index (κ1) is 30.1. The van der Waals surface area contributed by atoms with Crippen molar-refractivity contribution in [3.05, 3.63) is 111 Å². The van der Waals surface area contributed by atoms with Gasteiger partial charge in [0.15, 0.2) is 16.6 Å². The Morgan fingerprint density at radius 1 is 1.05 bits per heavy atom. The van der Waals surface area contributed by atoms with E-state index in [9.17, 15) is 18.0 Å². The molecule has 0 fully saturated rings. The maximum Gasteiger partial charge on any atom is 0.416 e. The fourth-order valence-corrected chi connectivity index (χ4v) is 5.47. The second kappa shape index (κ2) is 13.3. The van der Waals surface area contributed by atoms with Crippen molar-refractivity contribution >= 4 is 61.0 Å². The lowest BCUT2D eigenvalue weighted by atomic mass is 10.1. The summed E-state index contributed by atoms with van der Waals surface area (Å²) in [4.78, 5) is 16.7. The van der Waals surface area contributed by atoms with Crippen molar-refractivity contribution in [1.82, 2.24) is 10.4 Å². The number of carbonyl (C=O) groups is 1. The van der Waals surface area contributed by atoms with Crippen molar-refractivity contribution in [2.45, 2.75) is 19.2 Å². The molecule has 0 aliphatic heterocycles. The average molecular weight is 670 g/mol. The normalized spacial score (nSPS) is 11.6. The maximum atomic E-state index is 13.0. The number of rotatable bonds is 10. The standard InChI is InChI=1S/C31H24BrF3N4O3S/c1-41-27-13-20(12-26(32)29(27)42-17-19-9-10-21-5-2-3-6-22(21)11-19)16-36-39-28(40)15-25-18-43-30(38-25)37-24-8-4-7-23(14-24)31(33,34)35/h2-14,16,18H,15,17H2,1H3,(H,37,38)(H,39,40)/b36-16-. The van der Waals surface area contributed by atoms with Crippen molar-refractivity contribution in [3.8, 4) is 11.5 Å². The zero-order chi connectivity index (χ0) is 30.4. The first-order valence-corrected chi connectivity index (χ1v) is 14.5. The van der Waals surface area contributed by atoms with E-state index in [1.807, 2.05) is 18.2 Å². The number of hydrogen-bond acceptors (Lipinski definition) is 7. The second-order valence-electron chi connectivity index (χ2n) is 9.32. The number of halogens is 4. The third-order valence-electron chi connectivity index (χ3n) is 6.19. The first-order valence-electron chi connectivity index (χ1n) is 12.9. The number of hydrazone groups is 1. The number of anilines is 2.